The molecule has 0 aromatic rings. The normalized spacial score (nSPS) is 42.0. The van der Waals surface area contributed by atoms with Crippen molar-refractivity contribution in [3.05, 3.63) is 0 Å². The van der Waals surface area contributed by atoms with Gasteiger partial charge in [-0.1, -0.05) is 6.92 Å². The molecule has 3 atom stereocenters. The van der Waals surface area contributed by atoms with E-state index in [1.807, 2.05) is 0 Å². The van der Waals surface area contributed by atoms with E-state index in [1.165, 1.54) is 13.0 Å². The van der Waals surface area contributed by atoms with Gasteiger partial charge >= 0.3 is 0 Å². The molecule has 1 saturated carbocycles. The Morgan fingerprint density at radius 3 is 2.79 bits per heavy atom. The molecule has 0 aromatic carbocycles. The lowest BCUT2D eigenvalue weighted by molar-refractivity contribution is 0.159. The summed E-state index contributed by atoms with van der Waals surface area (Å²) in [6.45, 7) is 6.09. The monoisotopic (exact) mass is 198 g/mol. The van der Waals surface area contributed by atoms with E-state index in [4.69, 9.17) is 10.5 Å². The fourth-order valence-electron chi connectivity index (χ4n) is 2.40. The first-order chi connectivity index (χ1) is 6.59. The summed E-state index contributed by atoms with van der Waals surface area (Å²) >= 11 is 0. The molecule has 1 aliphatic carbocycles. The van der Waals surface area contributed by atoms with Gasteiger partial charge in [0.25, 0.3) is 0 Å². The topological polar surface area (TPSA) is 38.5 Å². The van der Waals surface area contributed by atoms with Crippen molar-refractivity contribution in [3.8, 4) is 0 Å². The Bertz CT molecular complexity index is 201. The number of rotatable bonds is 4. The van der Waals surface area contributed by atoms with Crippen LogP contribution in [0.25, 0.3) is 0 Å². The Morgan fingerprint density at radius 1 is 1.57 bits per heavy atom. The average molecular weight is 198 g/mol. The first-order valence-electron chi connectivity index (χ1n) is 5.64. The van der Waals surface area contributed by atoms with Crippen LogP contribution in [0.5, 0.6) is 0 Å². The summed E-state index contributed by atoms with van der Waals surface area (Å²) in [6, 6.07) is 0. The smallest absolute Gasteiger partial charge is 0.0659 e. The SMILES string of the molecule is CC1CC1CN(C)CC1(N)CCOC1. The quantitative estimate of drug-likeness (QED) is 0.722. The zero-order valence-electron chi connectivity index (χ0n) is 9.33. The van der Waals surface area contributed by atoms with E-state index in [9.17, 15) is 0 Å². The molecule has 82 valence electrons. The van der Waals surface area contributed by atoms with Gasteiger partial charge in [-0.05, 0) is 31.7 Å². The molecule has 0 amide bonds. The van der Waals surface area contributed by atoms with Crippen LogP contribution in [-0.4, -0.2) is 43.8 Å². The van der Waals surface area contributed by atoms with Gasteiger partial charge in [-0.25, -0.2) is 0 Å². The maximum Gasteiger partial charge on any atom is 0.0659 e. The standard InChI is InChI=1S/C11H22N2O/c1-9-5-10(9)6-13(2)7-11(12)3-4-14-8-11/h9-10H,3-8,12H2,1-2H3. The number of hydrogen-bond donors (Lipinski definition) is 1. The number of nitrogens with zero attached hydrogens (tertiary/aromatic N) is 1. The maximum atomic E-state index is 6.22. The van der Waals surface area contributed by atoms with Crippen molar-refractivity contribution in [3.63, 3.8) is 0 Å². The molecule has 3 heteroatoms. The number of nitrogens with two attached hydrogens (primary N) is 1. The van der Waals surface area contributed by atoms with Crippen LogP contribution in [0.2, 0.25) is 0 Å². The molecule has 1 saturated heterocycles. The van der Waals surface area contributed by atoms with Gasteiger partial charge in [0.1, 0.15) is 0 Å². The largest absolute Gasteiger partial charge is 0.379 e. The molecule has 3 unspecified atom stereocenters. The van der Waals surface area contributed by atoms with E-state index in [1.54, 1.807) is 0 Å². The Balaban J connectivity index is 1.73. The second kappa shape index (κ2) is 3.80. The molecule has 0 spiro atoms. The van der Waals surface area contributed by atoms with E-state index >= 15 is 0 Å². The second-order valence-corrected chi connectivity index (χ2v) is 5.33. The van der Waals surface area contributed by atoms with E-state index in [0.717, 1.165) is 38.0 Å². The molecule has 2 rings (SSSR count). The van der Waals surface area contributed by atoms with Gasteiger partial charge in [0.05, 0.1) is 12.1 Å². The summed E-state index contributed by atoms with van der Waals surface area (Å²) in [5.74, 6) is 1.86. The van der Waals surface area contributed by atoms with Gasteiger partial charge in [0.15, 0.2) is 0 Å². The molecule has 14 heavy (non-hydrogen) atoms. The molecule has 0 radical (unpaired) electrons. The Hall–Kier alpha value is -0.120. The summed E-state index contributed by atoms with van der Waals surface area (Å²) in [4.78, 5) is 2.38. The Kier molecular flexibility index (Phi) is 2.82. The van der Waals surface area contributed by atoms with Crippen LogP contribution in [-0.2, 0) is 4.74 Å². The highest BCUT2D eigenvalue weighted by Crippen LogP contribution is 2.38. The van der Waals surface area contributed by atoms with Crippen molar-refractivity contribution < 1.29 is 4.74 Å². The molecule has 1 aliphatic heterocycles. The van der Waals surface area contributed by atoms with Gasteiger partial charge < -0.3 is 15.4 Å². The lowest BCUT2D eigenvalue weighted by Crippen LogP contribution is -2.50. The van der Waals surface area contributed by atoms with Crippen molar-refractivity contribution in [2.24, 2.45) is 17.6 Å². The molecular formula is C11H22N2O. The van der Waals surface area contributed by atoms with Crippen LogP contribution >= 0.6 is 0 Å². The third kappa shape index (κ3) is 2.47. The minimum atomic E-state index is -0.0765. The van der Waals surface area contributed by atoms with Crippen molar-refractivity contribution in [2.75, 3.05) is 33.4 Å². The van der Waals surface area contributed by atoms with Crippen LogP contribution in [0.1, 0.15) is 19.8 Å². The number of hydrogen-bond acceptors (Lipinski definition) is 3. The fourth-order valence-corrected chi connectivity index (χ4v) is 2.40. The third-order valence-corrected chi connectivity index (χ3v) is 3.54. The molecule has 3 nitrogen and oxygen atoms in total. The maximum absolute atomic E-state index is 6.22. The van der Waals surface area contributed by atoms with Gasteiger partial charge in [-0.3, -0.25) is 0 Å². The summed E-state index contributed by atoms with van der Waals surface area (Å²) in [5, 5.41) is 0. The van der Waals surface area contributed by atoms with Crippen LogP contribution in [0.4, 0.5) is 0 Å². The first-order valence-corrected chi connectivity index (χ1v) is 5.64. The van der Waals surface area contributed by atoms with Crippen LogP contribution in [0, 0.1) is 11.8 Å². The average Bonchev–Trinajstić information content (AvgIpc) is 2.61. The molecule has 2 fully saturated rings. The number of likely N-dealkylation sites (N-methyl/N-ethyl adjacent to an activating group) is 1. The highest BCUT2D eigenvalue weighted by molar-refractivity contribution is 4.92. The van der Waals surface area contributed by atoms with Gasteiger partial charge in [-0.2, -0.15) is 0 Å². The second-order valence-electron chi connectivity index (χ2n) is 5.33. The van der Waals surface area contributed by atoms with Crippen LogP contribution in [0.3, 0.4) is 0 Å². The predicted octanol–water partition coefficient (Wildman–Crippen LogP) is 0.692. The van der Waals surface area contributed by atoms with Crippen molar-refractivity contribution in [1.82, 2.24) is 4.90 Å². The molecule has 2 aliphatic rings. The van der Waals surface area contributed by atoms with Gasteiger partial charge in [-0.15, -0.1) is 0 Å². The van der Waals surface area contributed by atoms with E-state index in [-0.39, 0.29) is 5.54 Å². The van der Waals surface area contributed by atoms with Crippen molar-refractivity contribution >= 4 is 0 Å². The minimum Gasteiger partial charge on any atom is -0.379 e. The molecule has 1 heterocycles. The summed E-state index contributed by atoms with van der Waals surface area (Å²) in [7, 11) is 2.18. The third-order valence-electron chi connectivity index (χ3n) is 3.54. The summed E-state index contributed by atoms with van der Waals surface area (Å²) in [5.41, 5.74) is 6.15. The molecule has 0 bridgehead atoms. The number of ether oxygens (including phenoxy) is 1. The van der Waals surface area contributed by atoms with Gasteiger partial charge in [0.2, 0.25) is 0 Å². The highest BCUT2D eigenvalue weighted by Gasteiger charge is 2.36. The van der Waals surface area contributed by atoms with Crippen molar-refractivity contribution in [1.29, 1.82) is 0 Å². The molecule has 0 aromatic heterocycles. The van der Waals surface area contributed by atoms with Crippen LogP contribution < -0.4 is 5.73 Å². The van der Waals surface area contributed by atoms with Crippen molar-refractivity contribution in [2.45, 2.75) is 25.3 Å². The summed E-state index contributed by atoms with van der Waals surface area (Å²) in [6.07, 6.45) is 2.41. The predicted molar refractivity (Wildman–Crippen MR) is 57.1 cm³/mol. The Labute approximate surface area is 86.6 Å². The zero-order chi connectivity index (χ0) is 10.2. The van der Waals surface area contributed by atoms with E-state index in [0.29, 0.717) is 0 Å². The highest BCUT2D eigenvalue weighted by atomic mass is 16.5. The zero-order valence-corrected chi connectivity index (χ0v) is 9.33. The summed E-state index contributed by atoms with van der Waals surface area (Å²) < 4.78 is 5.35. The van der Waals surface area contributed by atoms with E-state index in [2.05, 4.69) is 18.9 Å². The van der Waals surface area contributed by atoms with Crippen LogP contribution in [0.15, 0.2) is 0 Å². The lowest BCUT2D eigenvalue weighted by atomic mass is 10.00. The molecular weight excluding hydrogens is 176 g/mol. The minimum absolute atomic E-state index is 0.0765. The lowest BCUT2D eigenvalue weighted by Gasteiger charge is -2.28. The Morgan fingerprint density at radius 2 is 2.29 bits per heavy atom. The molecule has 2 N–H and O–H groups in total. The van der Waals surface area contributed by atoms with E-state index < -0.39 is 0 Å². The first kappa shape index (κ1) is 10.4. The van der Waals surface area contributed by atoms with Gasteiger partial charge in [0, 0.05) is 19.7 Å². The fraction of sp³-hybridized carbons (Fsp3) is 1.00.